The minimum Gasteiger partial charge on any atom is -0.309 e. The van der Waals surface area contributed by atoms with Crippen molar-refractivity contribution >= 4 is 12.0 Å². The van der Waals surface area contributed by atoms with E-state index in [2.05, 4.69) is 51.0 Å². The van der Waals surface area contributed by atoms with Crippen molar-refractivity contribution in [2.24, 2.45) is 20.0 Å². The maximum Gasteiger partial charge on any atom is 0.0898 e. The first-order valence-corrected chi connectivity index (χ1v) is 10.6. The number of hydrogen-bond acceptors (Lipinski definition) is 5. The molecule has 2 saturated carbocycles. The summed E-state index contributed by atoms with van der Waals surface area (Å²) in [6.07, 6.45) is 14.3. The minimum absolute atomic E-state index is 0.533. The van der Waals surface area contributed by atoms with Crippen LogP contribution in [-0.2, 0) is 0 Å². The fraction of sp³-hybridized carbons (Fsp3) is 0.905. The molecule has 2 fully saturated rings. The summed E-state index contributed by atoms with van der Waals surface area (Å²) < 4.78 is 0. The fourth-order valence-corrected chi connectivity index (χ4v) is 3.25. The quantitative estimate of drug-likeness (QED) is 0.467. The summed E-state index contributed by atoms with van der Waals surface area (Å²) in [4.78, 5) is 18.9. The smallest absolute Gasteiger partial charge is 0.0898 e. The molecule has 0 heterocycles. The highest BCUT2D eigenvalue weighted by molar-refractivity contribution is 5.42. The third kappa shape index (κ3) is 13.0. The zero-order chi connectivity index (χ0) is 18.9. The molecule has 0 amide bonds. The first kappa shape index (κ1) is 22.8. The van der Waals surface area contributed by atoms with Gasteiger partial charge in [-0.3, -0.25) is 0 Å². The third-order valence-corrected chi connectivity index (χ3v) is 4.80. The standard InChI is InChI=1S/C13H22N2.C8H17N3/c1-3-7-12(8-4-1)14-11-15-13-9-5-2-6-10-13;1-4-9-8-10-6-5-7-11(2)3/h12-13H,1-10H2;4-7H2,1-3H3. The molecule has 2 aliphatic carbocycles. The van der Waals surface area contributed by atoms with E-state index >= 15 is 0 Å². The highest BCUT2D eigenvalue weighted by Crippen LogP contribution is 2.21. The molecule has 5 heteroatoms. The lowest BCUT2D eigenvalue weighted by molar-refractivity contribution is 0.403. The van der Waals surface area contributed by atoms with Gasteiger partial charge in [0, 0.05) is 6.54 Å². The molecule has 0 bridgehead atoms. The molecule has 5 nitrogen and oxygen atoms in total. The molecule has 0 aliphatic heterocycles. The van der Waals surface area contributed by atoms with E-state index in [1.54, 1.807) is 0 Å². The Balaban J connectivity index is 0.000000276. The number of rotatable bonds is 7. The van der Waals surface area contributed by atoms with Crippen LogP contribution in [0.15, 0.2) is 20.0 Å². The maximum atomic E-state index is 4.46. The van der Waals surface area contributed by atoms with Gasteiger partial charge in [-0.2, -0.15) is 0 Å². The molecule has 0 spiro atoms. The average Bonchev–Trinajstić information content (AvgIpc) is 2.67. The summed E-state index contributed by atoms with van der Waals surface area (Å²) >= 11 is 0. The second-order valence-electron chi connectivity index (χ2n) is 7.55. The van der Waals surface area contributed by atoms with E-state index in [9.17, 15) is 0 Å². The summed E-state index contributed by atoms with van der Waals surface area (Å²) in [5, 5.41) is 0. The Hall–Kier alpha value is -1.28. The zero-order valence-electron chi connectivity index (χ0n) is 17.3. The Morgan fingerprint density at radius 1 is 0.769 bits per heavy atom. The van der Waals surface area contributed by atoms with Gasteiger partial charge in [-0.1, -0.05) is 38.5 Å². The molecule has 0 aromatic rings. The molecule has 0 aromatic carbocycles. The van der Waals surface area contributed by atoms with Crippen LogP contribution in [0.1, 0.15) is 77.6 Å². The van der Waals surface area contributed by atoms with Crippen LogP contribution >= 0.6 is 0 Å². The highest BCUT2D eigenvalue weighted by atomic mass is 15.0. The lowest BCUT2D eigenvalue weighted by atomic mass is 9.96. The van der Waals surface area contributed by atoms with Gasteiger partial charge in [-0.25, -0.2) is 20.0 Å². The molecule has 0 unspecified atom stereocenters. The molecule has 0 saturated heterocycles. The molecular formula is C21H39N5. The molecule has 0 aromatic heterocycles. The molecule has 148 valence electrons. The van der Waals surface area contributed by atoms with E-state index in [1.165, 1.54) is 64.2 Å². The van der Waals surface area contributed by atoms with Crippen LogP contribution in [0.2, 0.25) is 0 Å². The Labute approximate surface area is 160 Å². The maximum absolute atomic E-state index is 4.46. The second-order valence-corrected chi connectivity index (χ2v) is 7.55. The predicted molar refractivity (Wildman–Crippen MR) is 112 cm³/mol. The van der Waals surface area contributed by atoms with Gasteiger partial charge in [0.05, 0.1) is 30.6 Å². The van der Waals surface area contributed by atoms with Crippen molar-refractivity contribution in [1.29, 1.82) is 0 Å². The Bertz CT molecular complexity index is 425. The first-order chi connectivity index (χ1) is 12.7. The van der Waals surface area contributed by atoms with Crippen LogP contribution < -0.4 is 0 Å². The Morgan fingerprint density at radius 2 is 1.31 bits per heavy atom. The summed E-state index contributed by atoms with van der Waals surface area (Å²) in [7, 11) is 4.12. The van der Waals surface area contributed by atoms with Gasteiger partial charge in [-0.15, -0.1) is 0 Å². The van der Waals surface area contributed by atoms with Gasteiger partial charge < -0.3 is 4.90 Å². The van der Waals surface area contributed by atoms with E-state index in [0.29, 0.717) is 12.1 Å². The Kier molecular flexibility index (Phi) is 13.9. The summed E-state index contributed by atoms with van der Waals surface area (Å²) in [6, 6.07) is 6.68. The fourth-order valence-electron chi connectivity index (χ4n) is 3.25. The number of nitrogens with zero attached hydrogens (tertiary/aromatic N) is 5. The lowest BCUT2D eigenvalue weighted by Gasteiger charge is -2.17. The second kappa shape index (κ2) is 15.9. The van der Waals surface area contributed by atoms with Crippen molar-refractivity contribution in [3.05, 3.63) is 0 Å². The van der Waals surface area contributed by atoms with E-state index in [0.717, 1.165) is 26.1 Å². The van der Waals surface area contributed by atoms with Crippen LogP contribution in [0, 0.1) is 0 Å². The van der Waals surface area contributed by atoms with Crippen LogP contribution in [0.4, 0.5) is 0 Å². The van der Waals surface area contributed by atoms with Crippen molar-refractivity contribution in [1.82, 2.24) is 4.90 Å². The van der Waals surface area contributed by atoms with E-state index in [4.69, 9.17) is 0 Å². The van der Waals surface area contributed by atoms with Crippen LogP contribution in [0.5, 0.6) is 0 Å². The number of aliphatic imine (C=N–C) groups is 4. The van der Waals surface area contributed by atoms with Crippen LogP contribution in [0.25, 0.3) is 0 Å². The molecular weight excluding hydrogens is 322 g/mol. The highest BCUT2D eigenvalue weighted by Gasteiger charge is 2.12. The largest absolute Gasteiger partial charge is 0.309 e. The van der Waals surface area contributed by atoms with Crippen molar-refractivity contribution in [2.45, 2.75) is 89.6 Å². The van der Waals surface area contributed by atoms with Crippen molar-refractivity contribution in [3.63, 3.8) is 0 Å². The van der Waals surface area contributed by atoms with Gasteiger partial charge in [0.25, 0.3) is 0 Å². The van der Waals surface area contributed by atoms with Crippen LogP contribution in [-0.4, -0.2) is 62.7 Å². The van der Waals surface area contributed by atoms with Crippen molar-refractivity contribution < 1.29 is 0 Å². The minimum atomic E-state index is 0.533. The molecule has 2 rings (SSSR count). The Morgan fingerprint density at radius 3 is 1.77 bits per heavy atom. The molecule has 0 N–H and O–H groups in total. The van der Waals surface area contributed by atoms with Gasteiger partial charge in [0.2, 0.25) is 0 Å². The first-order valence-electron chi connectivity index (χ1n) is 10.6. The average molecular weight is 362 g/mol. The topological polar surface area (TPSA) is 52.7 Å². The van der Waals surface area contributed by atoms with Gasteiger partial charge in [0.15, 0.2) is 0 Å². The normalized spacial score (nSPS) is 18.2. The molecule has 0 radical (unpaired) electrons. The lowest BCUT2D eigenvalue weighted by Crippen LogP contribution is -2.13. The third-order valence-electron chi connectivity index (χ3n) is 4.80. The van der Waals surface area contributed by atoms with E-state index in [-0.39, 0.29) is 0 Å². The zero-order valence-corrected chi connectivity index (χ0v) is 17.3. The van der Waals surface area contributed by atoms with Gasteiger partial charge >= 0.3 is 0 Å². The SMILES string of the molecule is C(=NC1CCCCC1)=NC1CCCCC1.CCN=C=NCCCN(C)C. The predicted octanol–water partition coefficient (Wildman–Crippen LogP) is 4.96. The van der Waals surface area contributed by atoms with Gasteiger partial charge in [-0.05, 0) is 59.7 Å². The molecule has 2 aliphatic rings. The van der Waals surface area contributed by atoms with E-state index in [1.807, 2.05) is 6.92 Å². The molecule has 0 atom stereocenters. The molecule has 26 heavy (non-hydrogen) atoms. The van der Waals surface area contributed by atoms with E-state index < -0.39 is 0 Å². The van der Waals surface area contributed by atoms with Gasteiger partial charge in [0.1, 0.15) is 0 Å². The number of hydrogen-bond donors (Lipinski definition) is 0. The van der Waals surface area contributed by atoms with Crippen molar-refractivity contribution in [2.75, 3.05) is 33.7 Å². The summed E-state index contributed by atoms with van der Waals surface area (Å²) in [6.45, 7) is 4.67. The monoisotopic (exact) mass is 361 g/mol. The van der Waals surface area contributed by atoms with Crippen LogP contribution in [0.3, 0.4) is 0 Å². The van der Waals surface area contributed by atoms with Crippen molar-refractivity contribution in [3.8, 4) is 0 Å². The summed E-state index contributed by atoms with van der Waals surface area (Å²) in [5.74, 6) is 0. The summed E-state index contributed by atoms with van der Waals surface area (Å²) in [5.41, 5.74) is 0.